The molecule has 4 nitrogen and oxygen atoms in total. The number of fused-ring (bicyclic) bond motifs is 1. The van der Waals surface area contributed by atoms with Crippen molar-refractivity contribution >= 4 is 21.6 Å². The second-order valence-corrected chi connectivity index (χ2v) is 7.09. The predicted octanol–water partition coefficient (Wildman–Crippen LogP) is 4.02. The number of benzene rings is 2. The molecule has 1 aromatic heterocycles. The molecule has 120 valence electrons. The molecule has 5 heteroatoms. The molecule has 0 N–H and O–H groups in total. The maximum absolute atomic E-state index is 12.3. The van der Waals surface area contributed by atoms with Gasteiger partial charge in [-0.15, -0.1) is 0 Å². The summed E-state index contributed by atoms with van der Waals surface area (Å²) in [6.07, 6.45) is 2.44. The highest BCUT2D eigenvalue weighted by molar-refractivity contribution is 7.16. The highest BCUT2D eigenvalue weighted by Gasteiger charge is 2.23. The lowest BCUT2D eigenvalue weighted by Crippen LogP contribution is -2.13. The summed E-state index contributed by atoms with van der Waals surface area (Å²) in [7, 11) is 1.56. The van der Waals surface area contributed by atoms with Gasteiger partial charge in [0.05, 0.1) is 17.3 Å². The third-order valence-corrected chi connectivity index (χ3v) is 5.42. The van der Waals surface area contributed by atoms with Crippen LogP contribution < -0.4 is 9.61 Å². The Bertz CT molecular complexity index is 1020. The van der Waals surface area contributed by atoms with Crippen LogP contribution in [0.2, 0.25) is 0 Å². The minimum absolute atomic E-state index is 0.0974. The van der Waals surface area contributed by atoms with Crippen LogP contribution in [0.5, 0.6) is 5.75 Å². The number of nitrogens with zero attached hydrogens (tertiary/aromatic N) is 2. The van der Waals surface area contributed by atoms with Gasteiger partial charge in [-0.1, -0.05) is 29.5 Å². The second kappa shape index (κ2) is 5.81. The van der Waals surface area contributed by atoms with Crippen molar-refractivity contribution in [2.45, 2.75) is 19.4 Å². The van der Waals surface area contributed by atoms with Crippen LogP contribution in [0, 0.1) is 17.2 Å². The van der Waals surface area contributed by atoms with Crippen LogP contribution in [-0.4, -0.2) is 11.7 Å². The molecule has 0 spiro atoms. The normalized spacial score (nSPS) is 13.8. The zero-order chi connectivity index (χ0) is 16.7. The Kier molecular flexibility index (Phi) is 3.62. The van der Waals surface area contributed by atoms with E-state index >= 15 is 0 Å². The quantitative estimate of drug-likeness (QED) is 0.723. The molecular formula is C19H16N2O2S. The smallest absolute Gasteiger partial charge is 0.308 e. The van der Waals surface area contributed by atoms with Crippen LogP contribution in [0.1, 0.15) is 18.4 Å². The van der Waals surface area contributed by atoms with E-state index in [0.29, 0.717) is 17.2 Å². The van der Waals surface area contributed by atoms with Crippen molar-refractivity contribution in [3.63, 3.8) is 0 Å². The van der Waals surface area contributed by atoms with Gasteiger partial charge in [0.15, 0.2) is 0 Å². The lowest BCUT2D eigenvalue weighted by molar-refractivity contribution is 0.413. The molecular weight excluding hydrogens is 320 g/mol. The summed E-state index contributed by atoms with van der Waals surface area (Å²) in [5, 5.41) is 9.48. The van der Waals surface area contributed by atoms with E-state index in [1.165, 1.54) is 24.2 Å². The molecule has 24 heavy (non-hydrogen) atoms. The third kappa shape index (κ3) is 2.49. The fourth-order valence-electron chi connectivity index (χ4n) is 3.02. The van der Waals surface area contributed by atoms with E-state index in [0.717, 1.165) is 27.9 Å². The molecule has 0 saturated heterocycles. The first-order valence-corrected chi connectivity index (χ1v) is 8.74. The van der Waals surface area contributed by atoms with Crippen molar-refractivity contribution in [3.8, 4) is 22.9 Å². The molecule has 0 atom stereocenters. The number of hydrogen-bond acceptors (Lipinski definition) is 4. The summed E-state index contributed by atoms with van der Waals surface area (Å²) in [5.74, 6) is 1.22. The molecule has 4 rings (SSSR count). The van der Waals surface area contributed by atoms with Gasteiger partial charge >= 0.3 is 4.87 Å². The summed E-state index contributed by atoms with van der Waals surface area (Å²) in [6.45, 7) is 0.820. The molecule has 0 aliphatic heterocycles. The largest absolute Gasteiger partial charge is 0.495 e. The van der Waals surface area contributed by atoms with Crippen LogP contribution in [0.4, 0.5) is 0 Å². The van der Waals surface area contributed by atoms with Crippen LogP contribution in [0.3, 0.4) is 0 Å². The van der Waals surface area contributed by atoms with Crippen LogP contribution in [0.25, 0.3) is 21.3 Å². The van der Waals surface area contributed by atoms with Crippen molar-refractivity contribution in [2.24, 2.45) is 5.92 Å². The average molecular weight is 336 g/mol. The first-order chi connectivity index (χ1) is 11.7. The summed E-state index contributed by atoms with van der Waals surface area (Å²) in [4.78, 5) is 12.4. The van der Waals surface area contributed by atoms with Crippen LogP contribution in [0.15, 0.2) is 41.2 Å². The lowest BCUT2D eigenvalue weighted by Gasteiger charge is -2.09. The molecule has 1 saturated carbocycles. The summed E-state index contributed by atoms with van der Waals surface area (Å²) < 4.78 is 8.14. The molecule has 1 aliphatic rings. The summed E-state index contributed by atoms with van der Waals surface area (Å²) in [5.41, 5.74) is 3.26. The van der Waals surface area contributed by atoms with E-state index in [1.807, 2.05) is 34.9 Å². The highest BCUT2D eigenvalue weighted by Crippen LogP contribution is 2.34. The number of ether oxygens (including phenoxy) is 1. The van der Waals surface area contributed by atoms with E-state index in [4.69, 9.17) is 4.74 Å². The van der Waals surface area contributed by atoms with Gasteiger partial charge in [0, 0.05) is 12.1 Å². The highest BCUT2D eigenvalue weighted by atomic mass is 32.1. The summed E-state index contributed by atoms with van der Waals surface area (Å²) >= 11 is 1.27. The van der Waals surface area contributed by atoms with Crippen molar-refractivity contribution < 1.29 is 4.74 Å². The first kappa shape index (κ1) is 15.0. The van der Waals surface area contributed by atoms with Gasteiger partial charge in [0.2, 0.25) is 0 Å². The van der Waals surface area contributed by atoms with E-state index in [2.05, 4.69) is 6.07 Å². The molecule has 0 unspecified atom stereocenters. The maximum Gasteiger partial charge on any atom is 0.308 e. The van der Waals surface area contributed by atoms with E-state index in [1.54, 1.807) is 13.2 Å². The lowest BCUT2D eigenvalue weighted by atomic mass is 9.99. The zero-order valence-electron chi connectivity index (χ0n) is 13.3. The Balaban J connectivity index is 1.85. The SMILES string of the molecule is COc1cccc(-c2ccc3c(c2)sc(=O)n3CC2CC2)c1C#N. The van der Waals surface area contributed by atoms with Crippen molar-refractivity contribution in [1.82, 2.24) is 4.57 Å². The second-order valence-electron chi connectivity index (χ2n) is 6.10. The van der Waals surface area contributed by atoms with Gasteiger partial charge in [0.25, 0.3) is 0 Å². The van der Waals surface area contributed by atoms with Gasteiger partial charge in [-0.3, -0.25) is 9.36 Å². The van der Waals surface area contributed by atoms with Gasteiger partial charge in [0.1, 0.15) is 17.4 Å². The predicted molar refractivity (Wildman–Crippen MR) is 95.5 cm³/mol. The average Bonchev–Trinajstić information content (AvgIpc) is 3.37. The van der Waals surface area contributed by atoms with E-state index in [-0.39, 0.29) is 4.87 Å². The van der Waals surface area contributed by atoms with E-state index in [9.17, 15) is 10.1 Å². The molecule has 0 radical (unpaired) electrons. The molecule has 0 bridgehead atoms. The Morgan fingerprint density at radius 3 is 2.88 bits per heavy atom. The number of methoxy groups -OCH3 is 1. The molecule has 1 aliphatic carbocycles. The molecule has 1 fully saturated rings. The number of nitriles is 1. The topological polar surface area (TPSA) is 55.0 Å². The van der Waals surface area contributed by atoms with Gasteiger partial charge in [-0.25, -0.2) is 0 Å². The number of thiazole rings is 1. The van der Waals surface area contributed by atoms with E-state index < -0.39 is 0 Å². The zero-order valence-corrected chi connectivity index (χ0v) is 14.1. The standard InChI is InChI=1S/C19H16N2O2S/c1-23-17-4-2-3-14(15(17)10-20)13-7-8-16-18(9-13)24-19(22)21(16)11-12-5-6-12/h2-4,7-9,12H,5-6,11H2,1H3. The van der Waals surface area contributed by atoms with Gasteiger partial charge < -0.3 is 4.74 Å². The minimum atomic E-state index is 0.0974. The molecule has 0 amide bonds. The van der Waals surface area contributed by atoms with Crippen LogP contribution >= 0.6 is 11.3 Å². The van der Waals surface area contributed by atoms with Gasteiger partial charge in [-0.05, 0) is 42.5 Å². The van der Waals surface area contributed by atoms with Crippen molar-refractivity contribution in [1.29, 1.82) is 5.26 Å². The van der Waals surface area contributed by atoms with Crippen LogP contribution in [-0.2, 0) is 6.54 Å². The number of hydrogen-bond donors (Lipinski definition) is 0. The molecule has 2 aromatic carbocycles. The Morgan fingerprint density at radius 2 is 2.17 bits per heavy atom. The maximum atomic E-state index is 12.3. The first-order valence-electron chi connectivity index (χ1n) is 7.92. The monoisotopic (exact) mass is 336 g/mol. The number of aromatic nitrogens is 1. The Morgan fingerprint density at radius 1 is 1.33 bits per heavy atom. The Hall–Kier alpha value is -2.58. The van der Waals surface area contributed by atoms with Gasteiger partial charge in [-0.2, -0.15) is 5.26 Å². The molecule has 3 aromatic rings. The minimum Gasteiger partial charge on any atom is -0.495 e. The third-order valence-electron chi connectivity index (χ3n) is 4.47. The molecule has 1 heterocycles. The fraction of sp³-hybridized carbons (Fsp3) is 0.263. The number of rotatable bonds is 4. The summed E-state index contributed by atoms with van der Waals surface area (Å²) in [6, 6.07) is 13.8. The van der Waals surface area contributed by atoms with Crippen molar-refractivity contribution in [3.05, 3.63) is 51.6 Å². The fourth-order valence-corrected chi connectivity index (χ4v) is 3.96. The van der Waals surface area contributed by atoms with Crippen molar-refractivity contribution in [2.75, 3.05) is 7.11 Å². The Labute approximate surface area is 143 Å².